The maximum atomic E-state index is 10.7. The first kappa shape index (κ1) is 14.7. The van der Waals surface area contributed by atoms with Crippen LogP contribution in [0.2, 0.25) is 0 Å². The molecular formula is C15H23NO2. The van der Waals surface area contributed by atoms with E-state index in [1.54, 1.807) is 12.1 Å². The molecule has 3 heteroatoms. The number of aromatic carboxylic acids is 1. The largest absolute Gasteiger partial charge is 0.478 e. The van der Waals surface area contributed by atoms with E-state index >= 15 is 0 Å². The van der Waals surface area contributed by atoms with Gasteiger partial charge in [-0.1, -0.05) is 38.8 Å². The van der Waals surface area contributed by atoms with Gasteiger partial charge in [-0.25, -0.2) is 4.79 Å². The third-order valence-corrected chi connectivity index (χ3v) is 3.19. The van der Waals surface area contributed by atoms with Gasteiger partial charge < -0.3 is 10.4 Å². The topological polar surface area (TPSA) is 49.3 Å². The Morgan fingerprint density at radius 1 is 1.28 bits per heavy atom. The first-order valence-electron chi connectivity index (χ1n) is 6.73. The molecule has 2 N–H and O–H groups in total. The Morgan fingerprint density at radius 2 is 1.94 bits per heavy atom. The zero-order chi connectivity index (χ0) is 13.4. The third kappa shape index (κ3) is 4.88. The zero-order valence-corrected chi connectivity index (χ0v) is 11.3. The summed E-state index contributed by atoms with van der Waals surface area (Å²) in [5.74, 6) is -0.871. The SMILES string of the molecule is CCCCC(CC)NCc1ccc(C(=O)O)cc1. The van der Waals surface area contributed by atoms with Crippen molar-refractivity contribution in [3.8, 4) is 0 Å². The Kier molecular flexibility index (Phi) is 6.44. The lowest BCUT2D eigenvalue weighted by Crippen LogP contribution is -2.27. The molecule has 0 bridgehead atoms. The van der Waals surface area contributed by atoms with Crippen molar-refractivity contribution in [1.82, 2.24) is 5.32 Å². The van der Waals surface area contributed by atoms with Crippen molar-refractivity contribution >= 4 is 5.97 Å². The fourth-order valence-electron chi connectivity index (χ4n) is 1.93. The molecule has 0 spiro atoms. The first-order chi connectivity index (χ1) is 8.67. The average Bonchev–Trinajstić information content (AvgIpc) is 2.39. The maximum Gasteiger partial charge on any atom is 0.335 e. The minimum atomic E-state index is -0.871. The highest BCUT2D eigenvalue weighted by atomic mass is 16.4. The van der Waals surface area contributed by atoms with E-state index < -0.39 is 5.97 Å². The summed E-state index contributed by atoms with van der Waals surface area (Å²) in [5, 5.41) is 12.3. The molecule has 1 aromatic carbocycles. The minimum absolute atomic E-state index is 0.344. The zero-order valence-electron chi connectivity index (χ0n) is 11.3. The van der Waals surface area contributed by atoms with Crippen molar-refractivity contribution < 1.29 is 9.90 Å². The van der Waals surface area contributed by atoms with Crippen molar-refractivity contribution in [2.45, 2.75) is 52.1 Å². The molecule has 0 saturated carbocycles. The van der Waals surface area contributed by atoms with Crippen LogP contribution in [-0.2, 0) is 6.54 Å². The van der Waals surface area contributed by atoms with Crippen LogP contribution in [0.4, 0.5) is 0 Å². The summed E-state index contributed by atoms with van der Waals surface area (Å²) in [7, 11) is 0. The first-order valence-corrected chi connectivity index (χ1v) is 6.73. The lowest BCUT2D eigenvalue weighted by molar-refractivity contribution is 0.0697. The number of benzene rings is 1. The number of hydrogen-bond donors (Lipinski definition) is 2. The summed E-state index contributed by atoms with van der Waals surface area (Å²) in [4.78, 5) is 10.7. The van der Waals surface area contributed by atoms with Gasteiger partial charge >= 0.3 is 5.97 Å². The van der Waals surface area contributed by atoms with Crippen molar-refractivity contribution in [3.63, 3.8) is 0 Å². The number of carbonyl (C=O) groups is 1. The molecule has 0 aliphatic carbocycles. The molecule has 0 aromatic heterocycles. The number of nitrogens with one attached hydrogen (secondary N) is 1. The quantitative estimate of drug-likeness (QED) is 0.742. The van der Waals surface area contributed by atoms with E-state index in [-0.39, 0.29) is 0 Å². The average molecular weight is 249 g/mol. The molecule has 0 aliphatic heterocycles. The lowest BCUT2D eigenvalue weighted by atomic mass is 10.1. The van der Waals surface area contributed by atoms with Crippen LogP contribution in [-0.4, -0.2) is 17.1 Å². The number of carboxylic acids is 1. The van der Waals surface area contributed by atoms with Crippen molar-refractivity contribution in [3.05, 3.63) is 35.4 Å². The highest BCUT2D eigenvalue weighted by Crippen LogP contribution is 2.08. The minimum Gasteiger partial charge on any atom is -0.478 e. The van der Waals surface area contributed by atoms with Crippen LogP contribution in [0.1, 0.15) is 55.5 Å². The number of hydrogen-bond acceptors (Lipinski definition) is 2. The number of carboxylic acid groups (broad SMARTS) is 1. The summed E-state index contributed by atoms with van der Waals surface area (Å²) in [6, 6.07) is 7.63. The van der Waals surface area contributed by atoms with Gasteiger partial charge in [-0.15, -0.1) is 0 Å². The molecule has 18 heavy (non-hydrogen) atoms. The molecule has 0 radical (unpaired) electrons. The summed E-state index contributed by atoms with van der Waals surface area (Å²) < 4.78 is 0. The molecular weight excluding hydrogens is 226 g/mol. The molecule has 1 aromatic rings. The van der Waals surface area contributed by atoms with Gasteiger partial charge in [-0.05, 0) is 30.5 Å². The highest BCUT2D eigenvalue weighted by molar-refractivity contribution is 5.87. The molecule has 0 fully saturated rings. The molecule has 3 nitrogen and oxygen atoms in total. The summed E-state index contributed by atoms with van der Waals surface area (Å²) in [6.07, 6.45) is 4.82. The lowest BCUT2D eigenvalue weighted by Gasteiger charge is -2.16. The van der Waals surface area contributed by atoms with Crippen molar-refractivity contribution in [2.24, 2.45) is 0 Å². The molecule has 0 heterocycles. The van der Waals surface area contributed by atoms with Gasteiger partial charge in [0.15, 0.2) is 0 Å². The standard InChI is InChI=1S/C15H23NO2/c1-3-5-6-14(4-2)16-11-12-7-9-13(10-8-12)15(17)18/h7-10,14,16H,3-6,11H2,1-2H3,(H,17,18). The summed E-state index contributed by atoms with van der Waals surface area (Å²) >= 11 is 0. The molecule has 0 saturated heterocycles. The van der Waals surface area contributed by atoms with Gasteiger partial charge in [0.1, 0.15) is 0 Å². The number of rotatable bonds is 8. The molecule has 100 valence electrons. The van der Waals surface area contributed by atoms with Crippen LogP contribution < -0.4 is 5.32 Å². The Labute approximate surface area is 109 Å². The summed E-state index contributed by atoms with van der Waals surface area (Å²) in [6.45, 7) is 5.21. The van der Waals surface area contributed by atoms with E-state index in [1.165, 1.54) is 19.3 Å². The van der Waals surface area contributed by atoms with Crippen LogP contribution in [0.5, 0.6) is 0 Å². The third-order valence-electron chi connectivity index (χ3n) is 3.19. The van der Waals surface area contributed by atoms with Crippen molar-refractivity contribution in [2.75, 3.05) is 0 Å². The van der Waals surface area contributed by atoms with Crippen molar-refractivity contribution in [1.29, 1.82) is 0 Å². The van der Waals surface area contributed by atoms with Crippen LogP contribution in [0.25, 0.3) is 0 Å². The van der Waals surface area contributed by atoms with Crippen LogP contribution in [0.3, 0.4) is 0 Å². The van der Waals surface area contributed by atoms with E-state index in [1.807, 2.05) is 12.1 Å². The van der Waals surface area contributed by atoms with E-state index in [0.29, 0.717) is 11.6 Å². The van der Waals surface area contributed by atoms with Crippen LogP contribution >= 0.6 is 0 Å². The molecule has 1 rings (SSSR count). The van der Waals surface area contributed by atoms with E-state index in [9.17, 15) is 4.79 Å². The fraction of sp³-hybridized carbons (Fsp3) is 0.533. The fourth-order valence-corrected chi connectivity index (χ4v) is 1.93. The smallest absolute Gasteiger partial charge is 0.335 e. The van der Waals surface area contributed by atoms with Gasteiger partial charge in [-0.3, -0.25) is 0 Å². The number of unbranched alkanes of at least 4 members (excludes halogenated alkanes) is 1. The highest BCUT2D eigenvalue weighted by Gasteiger charge is 2.05. The molecule has 0 amide bonds. The second-order valence-corrected chi connectivity index (χ2v) is 4.63. The Hall–Kier alpha value is -1.35. The molecule has 1 unspecified atom stereocenters. The second kappa shape index (κ2) is 7.88. The monoisotopic (exact) mass is 249 g/mol. The second-order valence-electron chi connectivity index (χ2n) is 4.63. The van der Waals surface area contributed by atoms with E-state index in [0.717, 1.165) is 18.5 Å². The Bertz CT molecular complexity index is 359. The summed E-state index contributed by atoms with van der Waals surface area (Å²) in [5.41, 5.74) is 1.48. The van der Waals surface area contributed by atoms with E-state index in [4.69, 9.17) is 5.11 Å². The molecule has 1 atom stereocenters. The van der Waals surface area contributed by atoms with Crippen LogP contribution in [0.15, 0.2) is 24.3 Å². The Morgan fingerprint density at radius 3 is 2.44 bits per heavy atom. The van der Waals surface area contributed by atoms with Gasteiger partial charge in [-0.2, -0.15) is 0 Å². The van der Waals surface area contributed by atoms with E-state index in [2.05, 4.69) is 19.2 Å². The van der Waals surface area contributed by atoms with Gasteiger partial charge in [0, 0.05) is 12.6 Å². The molecule has 0 aliphatic rings. The van der Waals surface area contributed by atoms with Crippen LogP contribution in [0, 0.1) is 0 Å². The normalized spacial score (nSPS) is 12.3. The predicted octanol–water partition coefficient (Wildman–Crippen LogP) is 3.44. The predicted molar refractivity (Wildman–Crippen MR) is 73.8 cm³/mol. The Balaban J connectivity index is 2.44. The van der Waals surface area contributed by atoms with Gasteiger partial charge in [0.2, 0.25) is 0 Å². The van der Waals surface area contributed by atoms with Gasteiger partial charge in [0.25, 0.3) is 0 Å². The maximum absolute atomic E-state index is 10.7. The van der Waals surface area contributed by atoms with Gasteiger partial charge in [0.05, 0.1) is 5.56 Å².